The number of anilines is 1. The zero-order chi connectivity index (χ0) is 20.2. The average molecular weight is 376 g/mol. The molecule has 0 aromatic heterocycles. The number of carbonyl (C=O) groups excluding carboxylic acids is 3. The Hall–Kier alpha value is -2.71. The minimum absolute atomic E-state index is 0.00155. The second-order valence-corrected chi connectivity index (χ2v) is 6.05. The summed E-state index contributed by atoms with van der Waals surface area (Å²) in [4.78, 5) is 37.5. The standard InChI is InChI=1S/C19H28N4O4/c1-5-9-20-19(26)22-18(25)13-23(10-11-27-4)12-17(24)21-16-8-6-7-14(2)15(16)3/h5-8H,1,9-13H2,2-4H3,(H,21,24)(H2,20,22,25,26). The Balaban J connectivity index is 2.63. The number of aryl methyl sites for hydroxylation is 1. The van der Waals surface area contributed by atoms with Crippen molar-refractivity contribution in [3.8, 4) is 0 Å². The van der Waals surface area contributed by atoms with Crippen LogP contribution in [0.2, 0.25) is 0 Å². The molecule has 1 aromatic rings. The van der Waals surface area contributed by atoms with Crippen LogP contribution in [0.4, 0.5) is 10.5 Å². The smallest absolute Gasteiger partial charge is 0.321 e. The molecule has 148 valence electrons. The number of amides is 4. The molecule has 0 atom stereocenters. The second kappa shape index (κ2) is 11.8. The monoisotopic (exact) mass is 376 g/mol. The quantitative estimate of drug-likeness (QED) is 0.533. The predicted octanol–water partition coefficient (Wildman–Crippen LogP) is 1.20. The molecule has 0 spiro atoms. The third kappa shape index (κ3) is 8.48. The number of methoxy groups -OCH3 is 1. The topological polar surface area (TPSA) is 99.8 Å². The molecule has 0 radical (unpaired) electrons. The lowest BCUT2D eigenvalue weighted by Crippen LogP contribution is -2.46. The van der Waals surface area contributed by atoms with E-state index in [9.17, 15) is 14.4 Å². The number of urea groups is 1. The van der Waals surface area contributed by atoms with Crippen molar-refractivity contribution in [2.45, 2.75) is 13.8 Å². The summed E-state index contributed by atoms with van der Waals surface area (Å²) in [5.41, 5.74) is 2.81. The summed E-state index contributed by atoms with van der Waals surface area (Å²) in [6.45, 7) is 8.26. The number of hydrogen-bond donors (Lipinski definition) is 3. The first kappa shape index (κ1) is 22.3. The van der Waals surface area contributed by atoms with Crippen molar-refractivity contribution in [1.82, 2.24) is 15.5 Å². The van der Waals surface area contributed by atoms with Crippen molar-refractivity contribution in [3.63, 3.8) is 0 Å². The van der Waals surface area contributed by atoms with Gasteiger partial charge in [-0.1, -0.05) is 18.2 Å². The van der Waals surface area contributed by atoms with E-state index in [1.807, 2.05) is 32.0 Å². The molecule has 4 amide bonds. The fraction of sp³-hybridized carbons (Fsp3) is 0.421. The zero-order valence-corrected chi connectivity index (χ0v) is 16.1. The van der Waals surface area contributed by atoms with E-state index in [4.69, 9.17) is 4.74 Å². The van der Waals surface area contributed by atoms with Gasteiger partial charge in [0.2, 0.25) is 11.8 Å². The summed E-state index contributed by atoms with van der Waals surface area (Å²) in [6, 6.07) is 5.07. The predicted molar refractivity (Wildman–Crippen MR) is 105 cm³/mol. The lowest BCUT2D eigenvalue weighted by molar-refractivity contribution is -0.122. The third-order valence-electron chi connectivity index (χ3n) is 3.88. The van der Waals surface area contributed by atoms with Crippen LogP contribution in [0.1, 0.15) is 11.1 Å². The van der Waals surface area contributed by atoms with Crippen molar-refractivity contribution in [3.05, 3.63) is 42.0 Å². The number of benzene rings is 1. The normalized spacial score (nSPS) is 10.4. The molecule has 8 heteroatoms. The Morgan fingerprint density at radius 3 is 2.56 bits per heavy atom. The highest BCUT2D eigenvalue weighted by atomic mass is 16.5. The number of ether oxygens (including phenoxy) is 1. The molecule has 0 aliphatic carbocycles. The van der Waals surface area contributed by atoms with E-state index in [2.05, 4.69) is 22.5 Å². The van der Waals surface area contributed by atoms with E-state index in [1.54, 1.807) is 4.90 Å². The van der Waals surface area contributed by atoms with E-state index < -0.39 is 11.9 Å². The van der Waals surface area contributed by atoms with Crippen molar-refractivity contribution >= 4 is 23.5 Å². The summed E-state index contributed by atoms with van der Waals surface area (Å²) in [6.07, 6.45) is 1.51. The number of carbonyl (C=O) groups is 3. The molecule has 0 bridgehead atoms. The van der Waals surface area contributed by atoms with Crippen LogP contribution in [-0.4, -0.2) is 62.6 Å². The molecule has 0 saturated carbocycles. The fourth-order valence-electron chi connectivity index (χ4n) is 2.29. The van der Waals surface area contributed by atoms with E-state index in [-0.39, 0.29) is 25.5 Å². The zero-order valence-electron chi connectivity index (χ0n) is 16.1. The SMILES string of the molecule is C=CCNC(=O)NC(=O)CN(CCOC)CC(=O)Nc1cccc(C)c1C. The number of nitrogens with zero attached hydrogens (tertiary/aromatic N) is 1. The molecule has 0 saturated heterocycles. The van der Waals surface area contributed by atoms with E-state index in [0.29, 0.717) is 13.2 Å². The molecule has 3 N–H and O–H groups in total. The van der Waals surface area contributed by atoms with Crippen molar-refractivity contribution in [2.24, 2.45) is 0 Å². The van der Waals surface area contributed by atoms with Gasteiger partial charge in [-0.15, -0.1) is 6.58 Å². The fourth-order valence-corrected chi connectivity index (χ4v) is 2.29. The molecular formula is C19H28N4O4. The first-order valence-corrected chi connectivity index (χ1v) is 8.63. The van der Waals surface area contributed by atoms with E-state index in [1.165, 1.54) is 13.2 Å². The maximum atomic E-state index is 12.4. The molecule has 0 unspecified atom stereocenters. The van der Waals surface area contributed by atoms with Gasteiger partial charge < -0.3 is 15.4 Å². The molecule has 0 heterocycles. The van der Waals surface area contributed by atoms with E-state index >= 15 is 0 Å². The van der Waals surface area contributed by atoms with Crippen molar-refractivity contribution < 1.29 is 19.1 Å². The van der Waals surface area contributed by atoms with Gasteiger partial charge in [0, 0.05) is 25.9 Å². The largest absolute Gasteiger partial charge is 0.383 e. The highest BCUT2D eigenvalue weighted by Gasteiger charge is 2.16. The Morgan fingerprint density at radius 2 is 1.89 bits per heavy atom. The van der Waals surface area contributed by atoms with Crippen LogP contribution in [0, 0.1) is 13.8 Å². The highest BCUT2D eigenvalue weighted by molar-refractivity contribution is 5.96. The van der Waals surface area contributed by atoms with Crippen LogP contribution < -0.4 is 16.0 Å². The molecule has 0 aliphatic rings. The molecule has 0 aliphatic heterocycles. The lowest BCUT2D eigenvalue weighted by atomic mass is 10.1. The number of nitrogens with one attached hydrogen (secondary N) is 3. The molecule has 8 nitrogen and oxygen atoms in total. The summed E-state index contributed by atoms with van der Waals surface area (Å²) in [5, 5.41) is 7.52. The van der Waals surface area contributed by atoms with Gasteiger partial charge >= 0.3 is 6.03 Å². The van der Waals surface area contributed by atoms with Crippen LogP contribution in [0.3, 0.4) is 0 Å². The minimum atomic E-state index is -0.605. The highest BCUT2D eigenvalue weighted by Crippen LogP contribution is 2.17. The molecule has 27 heavy (non-hydrogen) atoms. The van der Waals surface area contributed by atoms with E-state index in [0.717, 1.165) is 16.8 Å². The van der Waals surface area contributed by atoms with Gasteiger partial charge in [-0.05, 0) is 31.0 Å². The van der Waals surface area contributed by atoms with Gasteiger partial charge in [0.15, 0.2) is 0 Å². The average Bonchev–Trinajstić information content (AvgIpc) is 2.61. The Bertz CT molecular complexity index is 676. The third-order valence-corrected chi connectivity index (χ3v) is 3.88. The van der Waals surface area contributed by atoms with Gasteiger partial charge in [-0.3, -0.25) is 19.8 Å². The van der Waals surface area contributed by atoms with Crippen molar-refractivity contribution in [2.75, 3.05) is 45.2 Å². The van der Waals surface area contributed by atoms with Gasteiger partial charge in [-0.25, -0.2) is 4.79 Å². The molecule has 1 rings (SSSR count). The number of imide groups is 1. The van der Waals surface area contributed by atoms with Gasteiger partial charge in [0.25, 0.3) is 0 Å². The first-order valence-electron chi connectivity index (χ1n) is 8.63. The molecule has 1 aromatic carbocycles. The van der Waals surface area contributed by atoms with Crippen LogP contribution in [0.25, 0.3) is 0 Å². The number of rotatable bonds is 10. The summed E-state index contributed by atoms with van der Waals surface area (Å²) in [7, 11) is 1.54. The lowest BCUT2D eigenvalue weighted by Gasteiger charge is -2.21. The van der Waals surface area contributed by atoms with Crippen LogP contribution in [-0.2, 0) is 14.3 Å². The van der Waals surface area contributed by atoms with Crippen LogP contribution in [0.5, 0.6) is 0 Å². The summed E-state index contributed by atoms with van der Waals surface area (Å²) >= 11 is 0. The Morgan fingerprint density at radius 1 is 1.19 bits per heavy atom. The Kier molecular flexibility index (Phi) is 9.78. The summed E-state index contributed by atoms with van der Waals surface area (Å²) in [5.74, 6) is -0.754. The van der Waals surface area contributed by atoms with Crippen molar-refractivity contribution in [1.29, 1.82) is 0 Å². The summed E-state index contributed by atoms with van der Waals surface area (Å²) < 4.78 is 5.03. The Labute approximate surface area is 159 Å². The van der Waals surface area contributed by atoms with Crippen LogP contribution >= 0.6 is 0 Å². The number of hydrogen-bond acceptors (Lipinski definition) is 5. The molecular weight excluding hydrogens is 348 g/mol. The minimum Gasteiger partial charge on any atom is -0.383 e. The first-order chi connectivity index (χ1) is 12.9. The second-order valence-electron chi connectivity index (χ2n) is 6.05. The van der Waals surface area contributed by atoms with Gasteiger partial charge in [0.05, 0.1) is 19.7 Å². The van der Waals surface area contributed by atoms with Gasteiger partial charge in [-0.2, -0.15) is 0 Å². The molecule has 0 fully saturated rings. The maximum absolute atomic E-state index is 12.4. The van der Waals surface area contributed by atoms with Gasteiger partial charge in [0.1, 0.15) is 0 Å². The maximum Gasteiger partial charge on any atom is 0.321 e. The van der Waals surface area contributed by atoms with Crippen LogP contribution in [0.15, 0.2) is 30.9 Å².